The molecule has 3 rings (SSSR count). The van der Waals surface area contributed by atoms with E-state index >= 15 is 0 Å². The Kier molecular flexibility index (Phi) is 5.69. The van der Waals surface area contributed by atoms with Gasteiger partial charge in [-0.15, -0.1) is 0 Å². The topological polar surface area (TPSA) is 71.9 Å². The number of nitrogens with zero attached hydrogens (tertiary/aromatic N) is 2. The van der Waals surface area contributed by atoms with Crippen LogP contribution in [-0.2, 0) is 4.74 Å². The summed E-state index contributed by atoms with van der Waals surface area (Å²) in [5.74, 6) is 0.492. The number of aliphatic hydroxyl groups is 1. The largest absolute Gasteiger partial charge is 0.474 e. The van der Waals surface area contributed by atoms with Crippen molar-refractivity contribution in [3.63, 3.8) is 0 Å². The van der Waals surface area contributed by atoms with Gasteiger partial charge in [-0.25, -0.2) is 9.78 Å². The first-order chi connectivity index (χ1) is 12.9. The van der Waals surface area contributed by atoms with Gasteiger partial charge in [0.2, 0.25) is 12.0 Å². The van der Waals surface area contributed by atoms with Crippen LogP contribution in [0.3, 0.4) is 0 Å². The Bertz CT molecular complexity index is 786. The van der Waals surface area contributed by atoms with Crippen LogP contribution in [0.2, 0.25) is 0 Å². The Labute approximate surface area is 153 Å². The number of hydrogen-bond donors (Lipinski definition) is 1. The number of aromatic nitrogens is 1. The molecule has 1 amide bonds. The molecule has 1 fully saturated rings. The number of hydrogen-bond acceptors (Lipinski definition) is 5. The molecule has 1 N–H and O–H groups in total. The van der Waals surface area contributed by atoms with Crippen molar-refractivity contribution in [2.45, 2.75) is 31.2 Å². The summed E-state index contributed by atoms with van der Waals surface area (Å²) in [6.45, 7) is -0.907. The van der Waals surface area contributed by atoms with Gasteiger partial charge in [-0.05, 0) is 17.5 Å². The third-order valence-corrected chi connectivity index (χ3v) is 4.39. The van der Waals surface area contributed by atoms with Crippen LogP contribution < -0.4 is 4.74 Å². The first-order valence-corrected chi connectivity index (χ1v) is 8.52. The van der Waals surface area contributed by atoms with Crippen molar-refractivity contribution in [2.24, 2.45) is 0 Å². The molecule has 0 radical (unpaired) electrons. The molecule has 146 valence electrons. The number of alkyl halides is 3. The first-order valence-electron chi connectivity index (χ1n) is 8.52. The predicted octanol–water partition coefficient (Wildman–Crippen LogP) is 3.14. The molecule has 2 heterocycles. The van der Waals surface area contributed by atoms with E-state index in [4.69, 9.17) is 9.84 Å². The fourth-order valence-electron chi connectivity index (χ4n) is 2.90. The van der Waals surface area contributed by atoms with E-state index in [1.54, 1.807) is 6.20 Å². The maximum absolute atomic E-state index is 12.6. The summed E-state index contributed by atoms with van der Waals surface area (Å²) in [5, 5.41) is 10.6. The van der Waals surface area contributed by atoms with Crippen molar-refractivity contribution >= 4 is 16.9 Å². The highest BCUT2D eigenvalue weighted by Gasteiger charge is 2.43. The summed E-state index contributed by atoms with van der Waals surface area (Å²) >= 11 is 0. The Balaban J connectivity index is 1.56. The van der Waals surface area contributed by atoms with Crippen molar-refractivity contribution in [3.8, 4) is 5.88 Å². The number of ether oxygens (including phenoxy) is 2. The Morgan fingerprint density at radius 2 is 1.96 bits per heavy atom. The zero-order valence-corrected chi connectivity index (χ0v) is 14.4. The SMILES string of the molecule is O=C(OC(CO)C(F)(F)F)N1CCC(Oc2nccc3ccccc23)CC1. The van der Waals surface area contributed by atoms with Gasteiger partial charge in [0.25, 0.3) is 0 Å². The number of rotatable bonds is 4. The summed E-state index contributed by atoms with van der Waals surface area (Å²) in [7, 11) is 0. The van der Waals surface area contributed by atoms with Crippen LogP contribution in [-0.4, -0.2) is 59.2 Å². The second-order valence-electron chi connectivity index (χ2n) is 6.24. The molecule has 0 saturated carbocycles. The van der Waals surface area contributed by atoms with Gasteiger partial charge in [-0.2, -0.15) is 13.2 Å². The number of carbonyl (C=O) groups excluding carboxylic acids is 1. The Hall–Kier alpha value is -2.55. The van der Waals surface area contributed by atoms with Crippen LogP contribution in [0, 0.1) is 0 Å². The molecule has 1 aromatic carbocycles. The van der Waals surface area contributed by atoms with Gasteiger partial charge in [-0.3, -0.25) is 0 Å². The standard InChI is InChI=1S/C18H19F3N2O4/c19-18(20,21)15(11-24)27-17(25)23-9-6-13(7-10-23)26-16-14-4-2-1-3-12(14)5-8-22-16/h1-5,8,13,15,24H,6-7,9-11H2. The highest BCUT2D eigenvalue weighted by molar-refractivity contribution is 5.86. The zero-order valence-electron chi connectivity index (χ0n) is 14.4. The van der Waals surface area contributed by atoms with Crippen molar-refractivity contribution in [1.82, 2.24) is 9.88 Å². The van der Waals surface area contributed by atoms with E-state index in [1.165, 1.54) is 4.90 Å². The number of benzene rings is 1. The molecule has 0 spiro atoms. The summed E-state index contributed by atoms with van der Waals surface area (Å²) in [4.78, 5) is 17.3. The lowest BCUT2D eigenvalue weighted by molar-refractivity contribution is -0.214. The smallest absolute Gasteiger partial charge is 0.427 e. The monoisotopic (exact) mass is 384 g/mol. The molecule has 6 nitrogen and oxygen atoms in total. The minimum absolute atomic E-state index is 0.199. The van der Waals surface area contributed by atoms with Crippen LogP contribution in [0.25, 0.3) is 10.8 Å². The van der Waals surface area contributed by atoms with Gasteiger partial charge in [0.1, 0.15) is 6.10 Å². The average Bonchev–Trinajstić information content (AvgIpc) is 2.66. The molecular formula is C18H19F3N2O4. The molecule has 1 atom stereocenters. The van der Waals surface area contributed by atoms with Crippen LogP contribution >= 0.6 is 0 Å². The van der Waals surface area contributed by atoms with Gasteiger partial charge < -0.3 is 19.5 Å². The minimum atomic E-state index is -4.80. The van der Waals surface area contributed by atoms with Gasteiger partial charge in [-0.1, -0.05) is 18.2 Å². The Morgan fingerprint density at radius 3 is 2.63 bits per heavy atom. The van der Waals surface area contributed by atoms with E-state index in [2.05, 4.69) is 9.72 Å². The lowest BCUT2D eigenvalue weighted by Crippen LogP contribution is -2.46. The van der Waals surface area contributed by atoms with E-state index in [1.807, 2.05) is 30.3 Å². The fourth-order valence-corrected chi connectivity index (χ4v) is 2.90. The molecule has 1 aliphatic heterocycles. The number of halogens is 3. The van der Waals surface area contributed by atoms with Gasteiger partial charge in [0, 0.05) is 37.5 Å². The van der Waals surface area contributed by atoms with E-state index in [0.717, 1.165) is 10.8 Å². The van der Waals surface area contributed by atoms with E-state index in [-0.39, 0.29) is 19.2 Å². The third-order valence-electron chi connectivity index (χ3n) is 4.39. The van der Waals surface area contributed by atoms with Crippen molar-refractivity contribution in [3.05, 3.63) is 36.5 Å². The third kappa shape index (κ3) is 4.60. The van der Waals surface area contributed by atoms with E-state index in [0.29, 0.717) is 18.7 Å². The number of amides is 1. The van der Waals surface area contributed by atoms with Gasteiger partial charge in [0.15, 0.2) is 0 Å². The molecule has 1 aliphatic rings. The summed E-state index contributed by atoms with van der Waals surface area (Å²) in [6, 6.07) is 9.51. The van der Waals surface area contributed by atoms with Crippen LogP contribution in [0.15, 0.2) is 36.5 Å². The minimum Gasteiger partial charge on any atom is -0.474 e. The molecule has 1 aromatic heterocycles. The second-order valence-corrected chi connectivity index (χ2v) is 6.24. The molecule has 2 aromatic rings. The maximum atomic E-state index is 12.6. The van der Waals surface area contributed by atoms with Crippen LogP contribution in [0.1, 0.15) is 12.8 Å². The fraction of sp³-hybridized carbons (Fsp3) is 0.444. The molecule has 27 heavy (non-hydrogen) atoms. The predicted molar refractivity (Wildman–Crippen MR) is 90.4 cm³/mol. The summed E-state index contributed by atoms with van der Waals surface area (Å²) in [6.07, 6.45) is -6.08. The zero-order chi connectivity index (χ0) is 19.4. The normalized spacial score (nSPS) is 17.0. The Morgan fingerprint density at radius 1 is 1.26 bits per heavy atom. The highest BCUT2D eigenvalue weighted by atomic mass is 19.4. The molecule has 0 aliphatic carbocycles. The molecular weight excluding hydrogens is 365 g/mol. The first kappa shape index (κ1) is 19.2. The van der Waals surface area contributed by atoms with Crippen LogP contribution in [0.5, 0.6) is 5.88 Å². The van der Waals surface area contributed by atoms with Gasteiger partial charge >= 0.3 is 12.3 Å². The van der Waals surface area contributed by atoms with Gasteiger partial charge in [0.05, 0.1) is 6.61 Å². The van der Waals surface area contributed by atoms with Crippen molar-refractivity contribution in [1.29, 1.82) is 0 Å². The van der Waals surface area contributed by atoms with E-state index < -0.39 is 25.0 Å². The second kappa shape index (κ2) is 7.99. The molecule has 0 bridgehead atoms. The number of fused-ring (bicyclic) bond motifs is 1. The molecule has 1 unspecified atom stereocenters. The van der Waals surface area contributed by atoms with E-state index in [9.17, 15) is 18.0 Å². The number of pyridine rings is 1. The van der Waals surface area contributed by atoms with Crippen molar-refractivity contribution in [2.75, 3.05) is 19.7 Å². The summed E-state index contributed by atoms with van der Waals surface area (Å²) < 4.78 is 48.1. The number of carbonyl (C=O) groups is 1. The summed E-state index contributed by atoms with van der Waals surface area (Å²) in [5.41, 5.74) is 0. The lowest BCUT2D eigenvalue weighted by atomic mass is 10.1. The molecule has 9 heteroatoms. The highest BCUT2D eigenvalue weighted by Crippen LogP contribution is 2.27. The number of likely N-dealkylation sites (tertiary alicyclic amines) is 1. The average molecular weight is 384 g/mol. The maximum Gasteiger partial charge on any atom is 0.427 e. The quantitative estimate of drug-likeness (QED) is 0.877. The number of aliphatic hydroxyl groups excluding tert-OH is 1. The molecule has 1 saturated heterocycles. The number of piperidine rings is 1. The van der Waals surface area contributed by atoms with Crippen molar-refractivity contribution < 1.29 is 32.5 Å². The lowest BCUT2D eigenvalue weighted by Gasteiger charge is -2.32. The van der Waals surface area contributed by atoms with Crippen LogP contribution in [0.4, 0.5) is 18.0 Å².